The molecule has 102 valence electrons. The summed E-state index contributed by atoms with van der Waals surface area (Å²) in [5.41, 5.74) is 0. The summed E-state index contributed by atoms with van der Waals surface area (Å²) in [6.45, 7) is -3.23. The van der Waals surface area contributed by atoms with E-state index >= 15 is 0 Å². The zero-order valence-electron chi connectivity index (χ0n) is 19.8. The molecule has 1 nitrogen and oxygen atoms in total. The van der Waals surface area contributed by atoms with Crippen LogP contribution in [0.1, 0.15) is 109 Å². The molecule has 0 aromatic rings. The van der Waals surface area contributed by atoms with Gasteiger partial charge in [-0.1, -0.05) is 83.8 Å². The molecule has 0 bridgehead atoms. The summed E-state index contributed by atoms with van der Waals surface area (Å²) in [5, 5.41) is 0. The van der Waals surface area contributed by atoms with Gasteiger partial charge >= 0.3 is 0 Å². The Hall–Kier alpha value is -0.330. The lowest BCUT2D eigenvalue weighted by Gasteiger charge is -2.02. The molecule has 0 aliphatic carbocycles. The average Bonchev–Trinajstić information content (AvgIpc) is 2.51. The molecule has 0 aliphatic heterocycles. The van der Waals surface area contributed by atoms with Gasteiger partial charge in [-0.25, -0.2) is 0 Å². The van der Waals surface area contributed by atoms with E-state index in [0.717, 1.165) is 51.2 Å². The van der Waals surface area contributed by atoms with Crippen molar-refractivity contribution in [3.8, 4) is 0 Å². The first-order valence-electron chi connectivity index (χ1n) is 11.2. The van der Waals surface area contributed by atoms with Crippen molar-refractivity contribution >= 4 is 6.29 Å². The van der Waals surface area contributed by atoms with Crippen LogP contribution in [-0.2, 0) is 4.79 Å². The Labute approximate surface area is 121 Å². The van der Waals surface area contributed by atoms with Crippen LogP contribution in [0.2, 0.25) is 0 Å². The van der Waals surface area contributed by atoms with Crippen molar-refractivity contribution in [3.63, 3.8) is 0 Å². The van der Waals surface area contributed by atoms with Crippen LogP contribution in [0.5, 0.6) is 0 Å². The van der Waals surface area contributed by atoms with Crippen molar-refractivity contribution in [2.75, 3.05) is 0 Å². The minimum absolute atomic E-state index is 0.207. The number of rotatable bonds is 14. The van der Waals surface area contributed by atoms with Crippen LogP contribution in [-0.4, -0.2) is 6.29 Å². The van der Waals surface area contributed by atoms with E-state index in [1.165, 1.54) is 0 Å². The zero-order chi connectivity index (χ0) is 20.5. The van der Waals surface area contributed by atoms with Gasteiger partial charge in [-0.3, -0.25) is 0 Å². The van der Waals surface area contributed by atoms with Gasteiger partial charge in [0.05, 0.1) is 0 Å². The molecule has 0 fully saturated rings. The quantitative estimate of drug-likeness (QED) is 0.286. The Kier molecular flexibility index (Phi) is 6.20. The fraction of sp³-hybridized carbons (Fsp3) is 0.938. The van der Waals surface area contributed by atoms with Crippen molar-refractivity contribution in [1.29, 1.82) is 0 Å². The lowest BCUT2D eigenvalue weighted by molar-refractivity contribution is -0.107. The number of carbonyl (C=O) groups is 1. The zero-order valence-corrected chi connectivity index (χ0v) is 10.8. The summed E-state index contributed by atoms with van der Waals surface area (Å²) in [5.74, 6) is 0. The molecule has 0 saturated heterocycles. The van der Waals surface area contributed by atoms with E-state index < -0.39 is 26.0 Å². The second-order valence-corrected chi connectivity index (χ2v) is 4.31. The molecule has 0 aromatic heterocycles. The monoisotopic (exact) mass is 249 g/mol. The summed E-state index contributed by atoms with van der Waals surface area (Å²) >= 11 is 0. The third-order valence-corrected chi connectivity index (χ3v) is 2.77. The average molecular weight is 249 g/mol. The van der Waals surface area contributed by atoms with Crippen LogP contribution in [0.4, 0.5) is 0 Å². The summed E-state index contributed by atoms with van der Waals surface area (Å²) in [6.07, 6.45) is 0.673. The van der Waals surface area contributed by atoms with Crippen molar-refractivity contribution in [1.82, 2.24) is 0 Å². The van der Waals surface area contributed by atoms with E-state index in [4.69, 9.17) is 12.3 Å². The first kappa shape index (κ1) is 6.73. The Morgan fingerprint density at radius 2 is 1.35 bits per heavy atom. The van der Waals surface area contributed by atoms with Crippen molar-refractivity contribution in [3.05, 3.63) is 0 Å². The molecule has 0 aliphatic rings. The minimum Gasteiger partial charge on any atom is -0.303 e. The Morgan fingerprint density at radius 3 is 1.88 bits per heavy atom. The molecule has 1 heteroatoms. The van der Waals surface area contributed by atoms with Gasteiger partial charge < -0.3 is 4.79 Å². The van der Waals surface area contributed by atoms with Gasteiger partial charge in [0, 0.05) is 18.8 Å². The first-order chi connectivity index (χ1) is 11.8. The normalized spacial score (nSPS) is 21.8. The van der Waals surface area contributed by atoms with Crippen LogP contribution in [0.25, 0.3) is 0 Å². The molecule has 0 amide bonds. The third kappa shape index (κ3) is 15.7. The maximum atomic E-state index is 10.2. The predicted octanol–water partition coefficient (Wildman–Crippen LogP) is 5.67. The highest BCUT2D eigenvalue weighted by molar-refractivity contribution is 5.48. The van der Waals surface area contributed by atoms with Crippen LogP contribution >= 0.6 is 0 Å². The van der Waals surface area contributed by atoms with Gasteiger partial charge in [-0.05, 0) is 6.42 Å². The molecule has 0 heterocycles. The third-order valence-electron chi connectivity index (χ3n) is 2.77. The Balaban J connectivity index is 4.13. The van der Waals surface area contributed by atoms with Gasteiger partial charge in [0.15, 0.2) is 0 Å². The fourth-order valence-corrected chi connectivity index (χ4v) is 1.79. The molecular weight excluding hydrogens is 208 g/mol. The summed E-state index contributed by atoms with van der Waals surface area (Å²) in [6, 6.07) is 0. The van der Waals surface area contributed by atoms with Crippen LogP contribution in [0, 0.1) is 0 Å². The highest BCUT2D eigenvalue weighted by Gasteiger charge is 1.93. The molecule has 0 spiro atoms. The maximum Gasteiger partial charge on any atom is 0.119 e. The van der Waals surface area contributed by atoms with Crippen LogP contribution in [0.3, 0.4) is 0 Å². The number of unbranched alkanes of at least 4 members (excludes halogenated alkanes) is 9. The van der Waals surface area contributed by atoms with Crippen molar-refractivity contribution in [2.24, 2.45) is 0 Å². The second-order valence-electron chi connectivity index (χ2n) is 4.31. The Bertz CT molecular complexity index is 405. The van der Waals surface area contributed by atoms with Gasteiger partial charge in [0.1, 0.15) is 6.29 Å². The predicted molar refractivity (Wildman–Crippen MR) is 76.4 cm³/mol. The number of hydrogen-bond acceptors (Lipinski definition) is 1. The molecule has 0 N–H and O–H groups in total. The van der Waals surface area contributed by atoms with Crippen molar-refractivity contribution in [2.45, 2.75) is 96.6 Å². The lowest BCUT2D eigenvalue weighted by atomic mass is 10.0. The first-order valence-corrected chi connectivity index (χ1v) is 6.75. The topological polar surface area (TPSA) is 17.1 Å². The molecule has 17 heavy (non-hydrogen) atoms. The number of carbonyl (C=O) groups excluding carboxylic acids is 1. The summed E-state index contributed by atoms with van der Waals surface area (Å²) in [4.78, 5) is 10.2. The van der Waals surface area contributed by atoms with Gasteiger partial charge in [0.25, 0.3) is 0 Å². The van der Waals surface area contributed by atoms with Crippen LogP contribution < -0.4 is 0 Å². The molecule has 0 unspecified atom stereocenters. The van der Waals surface area contributed by atoms with E-state index in [-0.39, 0.29) is 6.42 Å². The maximum absolute atomic E-state index is 10.2. The van der Waals surface area contributed by atoms with E-state index in [9.17, 15) is 4.79 Å². The Morgan fingerprint density at radius 1 is 0.824 bits per heavy atom. The van der Waals surface area contributed by atoms with Gasteiger partial charge in [-0.15, -0.1) is 0 Å². The van der Waals surface area contributed by atoms with E-state index in [1.807, 2.05) is 0 Å². The highest BCUT2D eigenvalue weighted by Crippen LogP contribution is 2.12. The summed E-state index contributed by atoms with van der Waals surface area (Å²) < 4.78 is 67.9. The van der Waals surface area contributed by atoms with E-state index in [0.29, 0.717) is 19.3 Å². The largest absolute Gasteiger partial charge is 0.303 e. The molecule has 0 saturated carbocycles. The molecular formula is C16H32O. The van der Waals surface area contributed by atoms with Crippen molar-refractivity contribution < 1.29 is 17.1 Å². The SMILES string of the molecule is [2H]C([2H])([2H])C([2H])([2H])C([2H])([2H])C([2H])([2H])CCCCCCCCCCCC=O. The molecule has 0 radical (unpaired) electrons. The second kappa shape index (κ2) is 15.7. The molecule has 0 atom stereocenters. The number of hydrogen-bond donors (Lipinski definition) is 0. The summed E-state index contributed by atoms with van der Waals surface area (Å²) in [7, 11) is 0. The van der Waals surface area contributed by atoms with Gasteiger partial charge in [0.2, 0.25) is 0 Å². The fourth-order valence-electron chi connectivity index (χ4n) is 1.79. The number of aldehydes is 1. The lowest BCUT2D eigenvalue weighted by Crippen LogP contribution is -1.83. The molecule has 0 aromatic carbocycles. The van der Waals surface area contributed by atoms with Gasteiger partial charge in [-0.2, -0.15) is 0 Å². The van der Waals surface area contributed by atoms with E-state index in [1.54, 1.807) is 0 Å². The highest BCUT2D eigenvalue weighted by atomic mass is 16.1. The molecule has 0 rings (SSSR count). The minimum atomic E-state index is -3.26. The smallest absolute Gasteiger partial charge is 0.119 e. The van der Waals surface area contributed by atoms with Crippen LogP contribution in [0.15, 0.2) is 0 Å². The van der Waals surface area contributed by atoms with E-state index in [2.05, 4.69) is 0 Å². The standard InChI is InChI=1S/C16H32O/c1-2-3-4-5-6-7-8-9-10-11-12-13-14-15-16-17/h16H,2-15H2,1H3/i1D3,2D2,3D2,4D2.